The van der Waals surface area contributed by atoms with E-state index in [9.17, 15) is 9.59 Å². The van der Waals surface area contributed by atoms with Crippen LogP contribution in [0.3, 0.4) is 0 Å². The van der Waals surface area contributed by atoms with E-state index in [-0.39, 0.29) is 17.7 Å². The number of anilines is 1. The molecule has 1 aromatic heterocycles. The van der Waals surface area contributed by atoms with E-state index in [1.807, 2.05) is 88.6 Å². The molecule has 1 aliphatic heterocycles. The number of benzene rings is 2. The largest absolute Gasteiger partial charge is 0.368 e. The van der Waals surface area contributed by atoms with Gasteiger partial charge in [0.1, 0.15) is 6.04 Å². The van der Waals surface area contributed by atoms with Crippen LogP contribution in [-0.4, -0.2) is 47.3 Å². The molecule has 0 radical (unpaired) electrons. The molecule has 1 saturated heterocycles. The van der Waals surface area contributed by atoms with Crippen molar-refractivity contribution in [2.24, 2.45) is 0 Å². The van der Waals surface area contributed by atoms with E-state index in [2.05, 4.69) is 4.90 Å². The summed E-state index contributed by atoms with van der Waals surface area (Å²) in [5.41, 5.74) is 2.81. The first-order chi connectivity index (χ1) is 14.1. The third kappa shape index (κ3) is 4.09. The predicted octanol–water partition coefficient (Wildman–Crippen LogP) is 3.63. The van der Waals surface area contributed by atoms with Gasteiger partial charge in [-0.3, -0.25) is 9.59 Å². The maximum atomic E-state index is 13.4. The van der Waals surface area contributed by atoms with Gasteiger partial charge >= 0.3 is 0 Å². The van der Waals surface area contributed by atoms with Crippen molar-refractivity contribution in [3.63, 3.8) is 0 Å². The number of nitrogens with zero attached hydrogens (tertiary/aromatic N) is 3. The monoisotopic (exact) mass is 387 g/mol. The molecule has 1 unspecified atom stereocenters. The van der Waals surface area contributed by atoms with Gasteiger partial charge in [-0.15, -0.1) is 0 Å². The van der Waals surface area contributed by atoms with E-state index in [0.29, 0.717) is 13.1 Å². The maximum Gasteiger partial charge on any atom is 0.250 e. The van der Waals surface area contributed by atoms with E-state index in [4.69, 9.17) is 0 Å². The van der Waals surface area contributed by atoms with Crippen molar-refractivity contribution in [3.8, 4) is 0 Å². The zero-order chi connectivity index (χ0) is 20.2. The molecule has 29 heavy (non-hydrogen) atoms. The van der Waals surface area contributed by atoms with Crippen LogP contribution in [0, 0.1) is 0 Å². The number of ketones is 1. The lowest BCUT2D eigenvalue weighted by Gasteiger charge is -2.38. The molecule has 0 saturated carbocycles. The summed E-state index contributed by atoms with van der Waals surface area (Å²) in [6.45, 7) is 4.49. The number of piperazine rings is 1. The lowest BCUT2D eigenvalue weighted by atomic mass is 10.0. The maximum absolute atomic E-state index is 13.4. The quantitative estimate of drug-likeness (QED) is 0.628. The van der Waals surface area contributed by atoms with Crippen LogP contribution in [0.5, 0.6) is 0 Å². The molecule has 2 aromatic carbocycles. The lowest BCUT2D eigenvalue weighted by Crippen LogP contribution is -2.50. The van der Waals surface area contributed by atoms with E-state index in [0.717, 1.165) is 29.9 Å². The van der Waals surface area contributed by atoms with E-state index >= 15 is 0 Å². The van der Waals surface area contributed by atoms with Gasteiger partial charge in [0.15, 0.2) is 5.78 Å². The number of hydrogen-bond donors (Lipinski definition) is 0. The van der Waals surface area contributed by atoms with Crippen LogP contribution < -0.4 is 4.90 Å². The van der Waals surface area contributed by atoms with Crippen LogP contribution in [-0.2, 0) is 4.79 Å². The molecule has 1 fully saturated rings. The zero-order valence-corrected chi connectivity index (χ0v) is 16.6. The second kappa shape index (κ2) is 8.35. The van der Waals surface area contributed by atoms with Crippen LogP contribution in [0.1, 0.15) is 28.9 Å². The number of rotatable bonds is 5. The van der Waals surface area contributed by atoms with Gasteiger partial charge in [0.2, 0.25) is 5.91 Å². The lowest BCUT2D eigenvalue weighted by molar-refractivity contribution is -0.133. The van der Waals surface area contributed by atoms with Gasteiger partial charge in [0.25, 0.3) is 0 Å². The van der Waals surface area contributed by atoms with Crippen molar-refractivity contribution in [1.29, 1.82) is 0 Å². The van der Waals surface area contributed by atoms with Gasteiger partial charge in [-0.25, -0.2) is 0 Å². The molecule has 148 valence electrons. The van der Waals surface area contributed by atoms with Gasteiger partial charge in [-0.05, 0) is 48.9 Å². The van der Waals surface area contributed by atoms with Crippen LogP contribution in [0.25, 0.3) is 0 Å². The van der Waals surface area contributed by atoms with Crippen molar-refractivity contribution in [1.82, 2.24) is 9.47 Å². The van der Waals surface area contributed by atoms with Gasteiger partial charge < -0.3 is 14.4 Å². The summed E-state index contributed by atoms with van der Waals surface area (Å²) in [7, 11) is 0. The van der Waals surface area contributed by atoms with Crippen molar-refractivity contribution in [2.75, 3.05) is 31.1 Å². The Balaban J connectivity index is 1.47. The van der Waals surface area contributed by atoms with Crippen molar-refractivity contribution >= 4 is 17.4 Å². The molecule has 1 aliphatic rings. The number of carbonyl (C=O) groups excluding carboxylic acids is 2. The van der Waals surface area contributed by atoms with Gasteiger partial charge in [0.05, 0.1) is 0 Å². The Morgan fingerprint density at radius 2 is 1.41 bits per heavy atom. The minimum Gasteiger partial charge on any atom is -0.368 e. The van der Waals surface area contributed by atoms with Crippen LogP contribution >= 0.6 is 0 Å². The Hall–Kier alpha value is -3.34. The molecule has 0 spiro atoms. The Morgan fingerprint density at radius 1 is 0.793 bits per heavy atom. The van der Waals surface area contributed by atoms with Gasteiger partial charge in [-0.2, -0.15) is 0 Å². The molecule has 0 N–H and O–H groups in total. The average Bonchev–Trinajstić information content (AvgIpc) is 3.29. The second-order valence-electron chi connectivity index (χ2n) is 7.36. The molecule has 3 aromatic rings. The second-order valence-corrected chi connectivity index (χ2v) is 7.36. The van der Waals surface area contributed by atoms with Crippen molar-refractivity contribution in [3.05, 3.63) is 90.3 Å². The molecular formula is C24H25N3O2. The highest BCUT2D eigenvalue weighted by Crippen LogP contribution is 2.23. The molecule has 4 rings (SSSR count). The summed E-state index contributed by atoms with van der Waals surface area (Å²) in [6, 6.07) is 21.2. The summed E-state index contributed by atoms with van der Waals surface area (Å²) in [6.07, 6.45) is 3.89. The minimum absolute atomic E-state index is 0.0731. The number of carbonyl (C=O) groups is 2. The van der Waals surface area contributed by atoms with Crippen LogP contribution in [0.2, 0.25) is 0 Å². The number of amides is 1. The molecule has 0 aliphatic carbocycles. The zero-order valence-electron chi connectivity index (χ0n) is 16.6. The molecular weight excluding hydrogens is 362 g/mol. The smallest absolute Gasteiger partial charge is 0.250 e. The highest BCUT2D eigenvalue weighted by atomic mass is 16.2. The standard InChI is InChI=1S/C24H25N3O2/c1-19(28)20-9-11-22(12-10-20)25-15-17-27(18-16-25)24(29)23(26-13-5-6-14-26)21-7-3-2-4-8-21/h2-14,23H,15-18H2,1H3. The van der Waals surface area contributed by atoms with Crippen molar-refractivity contribution < 1.29 is 9.59 Å². The minimum atomic E-state index is -0.340. The predicted molar refractivity (Wildman–Crippen MR) is 114 cm³/mol. The Labute approximate surface area is 171 Å². The SMILES string of the molecule is CC(=O)c1ccc(N2CCN(C(=O)C(c3ccccc3)n3cccc3)CC2)cc1. The topological polar surface area (TPSA) is 45.6 Å². The third-order valence-corrected chi connectivity index (χ3v) is 5.51. The van der Waals surface area contributed by atoms with Gasteiger partial charge in [0, 0.05) is 49.8 Å². The van der Waals surface area contributed by atoms with Gasteiger partial charge in [-0.1, -0.05) is 30.3 Å². The number of aromatic nitrogens is 1. The molecule has 0 bridgehead atoms. The first kappa shape index (κ1) is 19.0. The molecule has 1 amide bonds. The fourth-order valence-electron chi connectivity index (χ4n) is 3.86. The number of hydrogen-bond acceptors (Lipinski definition) is 3. The summed E-state index contributed by atoms with van der Waals surface area (Å²) in [4.78, 5) is 29.1. The van der Waals surface area contributed by atoms with Crippen LogP contribution in [0.4, 0.5) is 5.69 Å². The normalized spacial score (nSPS) is 15.2. The fraction of sp³-hybridized carbons (Fsp3) is 0.250. The van der Waals surface area contributed by atoms with Crippen LogP contribution in [0.15, 0.2) is 79.1 Å². The Morgan fingerprint density at radius 3 is 2.00 bits per heavy atom. The van der Waals surface area contributed by atoms with E-state index in [1.54, 1.807) is 6.92 Å². The highest BCUT2D eigenvalue weighted by Gasteiger charge is 2.29. The van der Waals surface area contributed by atoms with Crippen molar-refractivity contribution in [2.45, 2.75) is 13.0 Å². The first-order valence-corrected chi connectivity index (χ1v) is 9.95. The molecule has 5 nitrogen and oxygen atoms in total. The number of Topliss-reactive ketones (excluding diaryl/α,β-unsaturated/α-hetero) is 1. The summed E-state index contributed by atoms with van der Waals surface area (Å²) < 4.78 is 1.98. The summed E-state index contributed by atoms with van der Waals surface area (Å²) in [5, 5.41) is 0. The highest BCUT2D eigenvalue weighted by molar-refractivity contribution is 5.94. The first-order valence-electron chi connectivity index (χ1n) is 9.95. The summed E-state index contributed by atoms with van der Waals surface area (Å²) >= 11 is 0. The molecule has 2 heterocycles. The molecule has 1 atom stereocenters. The third-order valence-electron chi connectivity index (χ3n) is 5.51. The average molecular weight is 387 g/mol. The Kier molecular flexibility index (Phi) is 5.47. The molecule has 5 heteroatoms. The van der Waals surface area contributed by atoms with E-state index < -0.39 is 0 Å². The van der Waals surface area contributed by atoms with E-state index in [1.165, 1.54) is 0 Å². The fourth-order valence-corrected chi connectivity index (χ4v) is 3.86. The summed E-state index contributed by atoms with van der Waals surface area (Å²) in [5.74, 6) is 0.197. The Bertz CT molecular complexity index is 957.